The average Bonchev–Trinajstić information content (AvgIpc) is 2.02. The number of sulfonamides is 1. The van der Waals surface area contributed by atoms with Gasteiger partial charge in [0.15, 0.2) is 0 Å². The molecule has 0 atom stereocenters. The lowest BCUT2D eigenvalue weighted by Gasteiger charge is -2.25. The zero-order valence-corrected chi connectivity index (χ0v) is 8.46. The van der Waals surface area contributed by atoms with Crippen molar-refractivity contribution in [2.24, 2.45) is 0 Å². The van der Waals surface area contributed by atoms with E-state index in [1.54, 1.807) is 6.92 Å². The number of hydrogen-bond acceptors (Lipinski definition) is 2. The highest BCUT2D eigenvalue weighted by Crippen LogP contribution is 2.23. The van der Waals surface area contributed by atoms with Crippen LogP contribution < -0.4 is 4.72 Å². The van der Waals surface area contributed by atoms with Crippen molar-refractivity contribution in [2.45, 2.75) is 38.4 Å². The Morgan fingerprint density at radius 1 is 1.27 bits per heavy atom. The fourth-order valence-electron chi connectivity index (χ4n) is 0.876. The monoisotopic (exact) mass is 179 g/mol. The predicted octanol–water partition coefficient (Wildman–Crippen LogP) is 1.11. The van der Waals surface area contributed by atoms with Crippen molar-refractivity contribution in [3.63, 3.8) is 0 Å². The Morgan fingerprint density at radius 3 is 1.73 bits per heavy atom. The summed E-state index contributed by atoms with van der Waals surface area (Å²) >= 11 is 0. The maximum atomic E-state index is 11.4. The number of hydrogen-bond donors (Lipinski definition) is 1. The quantitative estimate of drug-likeness (QED) is 0.703. The van der Waals surface area contributed by atoms with Crippen molar-refractivity contribution in [3.05, 3.63) is 0 Å². The first-order valence-corrected chi connectivity index (χ1v) is 5.35. The molecular formula is C7H17NO2S. The van der Waals surface area contributed by atoms with E-state index in [2.05, 4.69) is 4.72 Å². The first-order valence-electron chi connectivity index (χ1n) is 3.86. The van der Waals surface area contributed by atoms with Crippen LogP contribution in [0.15, 0.2) is 0 Å². The van der Waals surface area contributed by atoms with E-state index in [-0.39, 0.29) is 0 Å². The molecule has 0 aliphatic carbocycles. The molecule has 0 aromatic rings. The Bertz CT molecular complexity index is 204. The van der Waals surface area contributed by atoms with Gasteiger partial charge in [-0.15, -0.1) is 0 Å². The summed E-state index contributed by atoms with van der Waals surface area (Å²) in [4.78, 5) is 0. The van der Waals surface area contributed by atoms with Gasteiger partial charge in [-0.3, -0.25) is 0 Å². The summed E-state index contributed by atoms with van der Waals surface area (Å²) in [6.45, 7) is 5.54. The Morgan fingerprint density at radius 2 is 1.64 bits per heavy atom. The molecule has 0 radical (unpaired) electrons. The van der Waals surface area contributed by atoms with E-state index in [0.717, 1.165) is 0 Å². The van der Waals surface area contributed by atoms with Crippen molar-refractivity contribution in [2.75, 3.05) is 7.05 Å². The maximum Gasteiger partial charge on any atom is 0.216 e. The van der Waals surface area contributed by atoms with Crippen LogP contribution in [0, 0.1) is 0 Å². The van der Waals surface area contributed by atoms with Crippen molar-refractivity contribution < 1.29 is 8.42 Å². The number of rotatable bonds is 4. The second-order valence-electron chi connectivity index (χ2n) is 2.86. The van der Waals surface area contributed by atoms with Gasteiger partial charge in [-0.25, -0.2) is 13.1 Å². The largest absolute Gasteiger partial charge is 0.218 e. The Balaban J connectivity index is 4.78. The van der Waals surface area contributed by atoms with E-state index in [1.807, 2.05) is 13.8 Å². The molecule has 0 aromatic heterocycles. The van der Waals surface area contributed by atoms with Gasteiger partial charge in [0, 0.05) is 0 Å². The normalized spacial score (nSPS) is 13.5. The Hall–Kier alpha value is -0.0900. The molecule has 0 amide bonds. The Labute approximate surface area is 69.2 Å². The van der Waals surface area contributed by atoms with Crippen molar-refractivity contribution in [1.82, 2.24) is 4.72 Å². The van der Waals surface area contributed by atoms with Gasteiger partial charge in [0.1, 0.15) is 0 Å². The lowest BCUT2D eigenvalue weighted by molar-refractivity contribution is 0.500. The van der Waals surface area contributed by atoms with Gasteiger partial charge in [0.2, 0.25) is 10.0 Å². The fourth-order valence-corrected chi connectivity index (χ4v) is 2.13. The third-order valence-corrected chi connectivity index (χ3v) is 4.83. The minimum Gasteiger partial charge on any atom is -0.218 e. The smallest absolute Gasteiger partial charge is 0.216 e. The molecule has 0 rings (SSSR count). The standard InChI is InChI=1S/C7H17NO2S/c1-5-7(3,6-2)11(9,10)8-4/h8H,5-6H2,1-4H3. The van der Waals surface area contributed by atoms with E-state index >= 15 is 0 Å². The van der Waals surface area contributed by atoms with Crippen LogP contribution in [0.2, 0.25) is 0 Å². The van der Waals surface area contributed by atoms with Gasteiger partial charge in [-0.05, 0) is 26.8 Å². The summed E-state index contributed by atoms with van der Waals surface area (Å²) in [5.41, 5.74) is 0. The number of nitrogens with one attached hydrogen (secondary N) is 1. The van der Waals surface area contributed by atoms with Gasteiger partial charge in [0.05, 0.1) is 4.75 Å². The molecule has 68 valence electrons. The molecular weight excluding hydrogens is 162 g/mol. The van der Waals surface area contributed by atoms with E-state index in [0.29, 0.717) is 12.8 Å². The summed E-state index contributed by atoms with van der Waals surface area (Å²) < 4.78 is 24.5. The SMILES string of the molecule is CCC(C)(CC)S(=O)(=O)NC. The summed E-state index contributed by atoms with van der Waals surface area (Å²) in [5.74, 6) is 0. The van der Waals surface area contributed by atoms with Crippen LogP contribution in [0.5, 0.6) is 0 Å². The third kappa shape index (κ3) is 1.93. The molecule has 0 spiro atoms. The predicted molar refractivity (Wildman–Crippen MR) is 47.0 cm³/mol. The highest BCUT2D eigenvalue weighted by Gasteiger charge is 2.34. The molecule has 0 aliphatic rings. The van der Waals surface area contributed by atoms with Gasteiger partial charge in [-0.1, -0.05) is 13.8 Å². The molecule has 0 aromatic carbocycles. The molecule has 0 fully saturated rings. The minimum absolute atomic E-state index is 0.609. The van der Waals surface area contributed by atoms with E-state index in [1.165, 1.54) is 7.05 Å². The second kappa shape index (κ2) is 3.54. The highest BCUT2D eigenvalue weighted by molar-refractivity contribution is 7.90. The molecule has 1 N–H and O–H groups in total. The van der Waals surface area contributed by atoms with Crippen molar-refractivity contribution in [3.8, 4) is 0 Å². The molecule has 0 bridgehead atoms. The average molecular weight is 179 g/mol. The lowest BCUT2D eigenvalue weighted by Crippen LogP contribution is -2.41. The van der Waals surface area contributed by atoms with Crippen LogP contribution >= 0.6 is 0 Å². The molecule has 0 saturated heterocycles. The first-order chi connectivity index (χ1) is 4.93. The highest BCUT2D eigenvalue weighted by atomic mass is 32.2. The maximum absolute atomic E-state index is 11.4. The molecule has 0 aliphatic heterocycles. The molecule has 3 nitrogen and oxygen atoms in total. The molecule has 0 unspecified atom stereocenters. The van der Waals surface area contributed by atoms with E-state index in [4.69, 9.17) is 0 Å². The zero-order chi connectivity index (χ0) is 9.12. The van der Waals surface area contributed by atoms with Crippen LogP contribution in [0.1, 0.15) is 33.6 Å². The summed E-state index contributed by atoms with van der Waals surface area (Å²) in [6.07, 6.45) is 1.29. The summed E-state index contributed by atoms with van der Waals surface area (Å²) in [5, 5.41) is 0. The van der Waals surface area contributed by atoms with Gasteiger partial charge in [0.25, 0.3) is 0 Å². The topological polar surface area (TPSA) is 46.2 Å². The fraction of sp³-hybridized carbons (Fsp3) is 1.00. The minimum atomic E-state index is -3.11. The summed E-state index contributed by atoms with van der Waals surface area (Å²) in [6, 6.07) is 0. The third-order valence-electron chi connectivity index (χ3n) is 2.41. The van der Waals surface area contributed by atoms with Crippen LogP contribution in [0.4, 0.5) is 0 Å². The Kier molecular flexibility index (Phi) is 3.51. The lowest BCUT2D eigenvalue weighted by atomic mass is 10.1. The van der Waals surface area contributed by atoms with Gasteiger partial charge < -0.3 is 0 Å². The van der Waals surface area contributed by atoms with Crippen LogP contribution in [0.3, 0.4) is 0 Å². The zero-order valence-electron chi connectivity index (χ0n) is 7.64. The first kappa shape index (κ1) is 10.9. The van der Waals surface area contributed by atoms with Crippen molar-refractivity contribution in [1.29, 1.82) is 0 Å². The van der Waals surface area contributed by atoms with Gasteiger partial charge in [-0.2, -0.15) is 0 Å². The van der Waals surface area contributed by atoms with E-state index in [9.17, 15) is 8.42 Å². The molecule has 11 heavy (non-hydrogen) atoms. The summed E-state index contributed by atoms with van der Waals surface area (Å²) in [7, 11) is -1.65. The van der Waals surface area contributed by atoms with Crippen LogP contribution in [0.25, 0.3) is 0 Å². The van der Waals surface area contributed by atoms with Crippen LogP contribution in [-0.4, -0.2) is 20.2 Å². The van der Waals surface area contributed by atoms with Crippen molar-refractivity contribution >= 4 is 10.0 Å². The molecule has 0 heterocycles. The second-order valence-corrected chi connectivity index (χ2v) is 5.27. The molecule has 0 saturated carbocycles. The van der Waals surface area contributed by atoms with Gasteiger partial charge >= 0.3 is 0 Å². The molecule has 4 heteroatoms. The van der Waals surface area contributed by atoms with E-state index < -0.39 is 14.8 Å². The van der Waals surface area contributed by atoms with Crippen LogP contribution in [-0.2, 0) is 10.0 Å².